The van der Waals surface area contributed by atoms with Crippen LogP contribution in [0.4, 0.5) is 0 Å². The number of esters is 1. The highest BCUT2D eigenvalue weighted by Crippen LogP contribution is 2.27. The molecule has 108 valence electrons. The number of hydrogen-bond acceptors (Lipinski definition) is 4. The van der Waals surface area contributed by atoms with Crippen LogP contribution in [0.3, 0.4) is 0 Å². The van der Waals surface area contributed by atoms with Crippen LogP contribution in [0.5, 0.6) is 0 Å². The molecule has 1 unspecified atom stereocenters. The van der Waals surface area contributed by atoms with E-state index in [0.29, 0.717) is 10.9 Å². The molecular weight excluding hydrogens is 284 g/mol. The van der Waals surface area contributed by atoms with Crippen LogP contribution in [0.15, 0.2) is 24.4 Å². The van der Waals surface area contributed by atoms with Crippen LogP contribution >= 0.6 is 12.4 Å². The molecule has 7 heteroatoms. The number of aromatic carboxylic acids is 1. The lowest BCUT2D eigenvalue weighted by atomic mass is 9.98. The largest absolute Gasteiger partial charge is 0.478 e. The van der Waals surface area contributed by atoms with Gasteiger partial charge in [0.05, 0.1) is 18.6 Å². The molecular formula is C13H15ClN2O4. The van der Waals surface area contributed by atoms with Crippen LogP contribution in [0.2, 0.25) is 0 Å². The highest BCUT2D eigenvalue weighted by Gasteiger charge is 2.23. The molecule has 6 nitrogen and oxygen atoms in total. The van der Waals surface area contributed by atoms with Crippen molar-refractivity contribution in [2.75, 3.05) is 13.7 Å². The summed E-state index contributed by atoms with van der Waals surface area (Å²) < 4.78 is 4.70. The highest BCUT2D eigenvalue weighted by molar-refractivity contribution is 5.96. The number of halogens is 1. The Labute approximate surface area is 121 Å². The summed E-state index contributed by atoms with van der Waals surface area (Å²) in [6.45, 7) is 0.0942. The normalized spacial score (nSPS) is 11.7. The molecule has 0 saturated carbocycles. The fourth-order valence-electron chi connectivity index (χ4n) is 2.06. The van der Waals surface area contributed by atoms with Crippen LogP contribution in [0.25, 0.3) is 10.9 Å². The van der Waals surface area contributed by atoms with Crippen molar-refractivity contribution < 1.29 is 19.4 Å². The molecule has 1 heterocycles. The number of aromatic amines is 1. The van der Waals surface area contributed by atoms with Gasteiger partial charge in [-0.2, -0.15) is 0 Å². The van der Waals surface area contributed by atoms with Crippen LogP contribution < -0.4 is 5.73 Å². The number of hydrogen-bond donors (Lipinski definition) is 3. The van der Waals surface area contributed by atoms with Gasteiger partial charge in [0.2, 0.25) is 0 Å². The van der Waals surface area contributed by atoms with Crippen molar-refractivity contribution in [2.45, 2.75) is 5.92 Å². The number of nitrogens with one attached hydrogen (secondary N) is 1. The van der Waals surface area contributed by atoms with Crippen molar-refractivity contribution in [3.63, 3.8) is 0 Å². The van der Waals surface area contributed by atoms with E-state index < -0.39 is 17.9 Å². The van der Waals surface area contributed by atoms with Crippen molar-refractivity contribution in [1.29, 1.82) is 0 Å². The Morgan fingerprint density at radius 3 is 2.70 bits per heavy atom. The first-order valence-electron chi connectivity index (χ1n) is 5.70. The van der Waals surface area contributed by atoms with E-state index in [9.17, 15) is 9.59 Å². The summed E-state index contributed by atoms with van der Waals surface area (Å²) in [5.74, 6) is -2.07. The second-order valence-electron chi connectivity index (χ2n) is 4.12. The number of methoxy groups -OCH3 is 1. The maximum atomic E-state index is 11.7. The van der Waals surface area contributed by atoms with E-state index in [0.717, 1.165) is 5.52 Å². The number of carboxylic acid groups (broad SMARTS) is 1. The summed E-state index contributed by atoms with van der Waals surface area (Å²) in [6.07, 6.45) is 1.66. The van der Waals surface area contributed by atoms with Crippen LogP contribution in [0.1, 0.15) is 21.8 Å². The SMILES string of the molecule is COC(=O)C(CN)c1c[nH]c2ccc(C(=O)O)cc12.Cl. The molecule has 20 heavy (non-hydrogen) atoms. The smallest absolute Gasteiger partial charge is 0.335 e. The van der Waals surface area contributed by atoms with Gasteiger partial charge in [-0.25, -0.2) is 4.79 Å². The van der Waals surface area contributed by atoms with Crippen LogP contribution in [-0.2, 0) is 9.53 Å². The summed E-state index contributed by atoms with van der Waals surface area (Å²) in [4.78, 5) is 25.6. The van der Waals surface area contributed by atoms with E-state index in [1.165, 1.54) is 19.2 Å². The number of carbonyl (C=O) groups is 2. The van der Waals surface area contributed by atoms with E-state index in [2.05, 4.69) is 4.98 Å². The quantitative estimate of drug-likeness (QED) is 0.742. The van der Waals surface area contributed by atoms with Gasteiger partial charge in [-0.3, -0.25) is 4.79 Å². The Balaban J connectivity index is 0.00000200. The number of nitrogens with two attached hydrogens (primary N) is 1. The number of ether oxygens (including phenoxy) is 1. The predicted octanol–water partition coefficient (Wildman–Crippen LogP) is 1.50. The van der Waals surface area contributed by atoms with Gasteiger partial charge < -0.3 is 20.6 Å². The zero-order chi connectivity index (χ0) is 14.0. The first-order valence-corrected chi connectivity index (χ1v) is 5.70. The molecule has 0 aliphatic carbocycles. The molecule has 0 spiro atoms. The average Bonchev–Trinajstić information content (AvgIpc) is 2.82. The predicted molar refractivity (Wildman–Crippen MR) is 76.3 cm³/mol. The molecule has 1 aromatic carbocycles. The molecule has 0 fully saturated rings. The Kier molecular flexibility index (Phi) is 5.12. The van der Waals surface area contributed by atoms with Crippen molar-refractivity contribution in [2.24, 2.45) is 5.73 Å². The van der Waals surface area contributed by atoms with E-state index in [1.807, 2.05) is 0 Å². The zero-order valence-corrected chi connectivity index (χ0v) is 11.6. The van der Waals surface area contributed by atoms with Gasteiger partial charge in [-0.05, 0) is 23.8 Å². The first-order chi connectivity index (χ1) is 9.08. The standard InChI is InChI=1S/C13H14N2O4.ClH/c1-19-13(18)9(5-14)10-6-15-11-3-2-7(12(16)17)4-8(10)11;/h2-4,6,9,15H,5,14H2,1H3,(H,16,17);1H. The Morgan fingerprint density at radius 2 is 2.15 bits per heavy atom. The van der Waals surface area contributed by atoms with E-state index in [-0.39, 0.29) is 24.5 Å². The fraction of sp³-hybridized carbons (Fsp3) is 0.231. The molecule has 0 aliphatic rings. The Bertz CT molecular complexity index is 638. The summed E-state index contributed by atoms with van der Waals surface area (Å²) in [7, 11) is 1.29. The minimum Gasteiger partial charge on any atom is -0.478 e. The van der Waals surface area contributed by atoms with Gasteiger partial charge in [0, 0.05) is 23.6 Å². The van der Waals surface area contributed by atoms with E-state index in [1.54, 1.807) is 12.3 Å². The minimum absolute atomic E-state index is 0. The van der Waals surface area contributed by atoms with Gasteiger partial charge in [-0.15, -0.1) is 12.4 Å². The Morgan fingerprint density at radius 1 is 1.45 bits per heavy atom. The lowest BCUT2D eigenvalue weighted by molar-refractivity contribution is -0.142. The third-order valence-electron chi connectivity index (χ3n) is 3.06. The summed E-state index contributed by atoms with van der Waals surface area (Å²) >= 11 is 0. The number of H-pyrrole nitrogens is 1. The number of fused-ring (bicyclic) bond motifs is 1. The number of rotatable bonds is 4. The molecule has 0 amide bonds. The molecule has 2 aromatic rings. The topological polar surface area (TPSA) is 105 Å². The van der Waals surface area contributed by atoms with E-state index >= 15 is 0 Å². The van der Waals surface area contributed by atoms with Gasteiger partial charge in [-0.1, -0.05) is 0 Å². The third-order valence-corrected chi connectivity index (χ3v) is 3.06. The van der Waals surface area contributed by atoms with Gasteiger partial charge >= 0.3 is 11.9 Å². The second-order valence-corrected chi connectivity index (χ2v) is 4.12. The van der Waals surface area contributed by atoms with Gasteiger partial charge in [0.1, 0.15) is 0 Å². The summed E-state index contributed by atoms with van der Waals surface area (Å²) in [5.41, 5.74) is 7.16. The lowest BCUT2D eigenvalue weighted by Crippen LogP contribution is -2.22. The molecule has 0 bridgehead atoms. The molecule has 1 atom stereocenters. The fourth-order valence-corrected chi connectivity index (χ4v) is 2.06. The number of benzene rings is 1. The maximum absolute atomic E-state index is 11.7. The number of carbonyl (C=O) groups excluding carboxylic acids is 1. The van der Waals surface area contributed by atoms with Crippen molar-refractivity contribution >= 4 is 35.2 Å². The maximum Gasteiger partial charge on any atom is 0.335 e. The molecule has 1 aromatic heterocycles. The van der Waals surface area contributed by atoms with Crippen molar-refractivity contribution in [3.8, 4) is 0 Å². The molecule has 0 aliphatic heterocycles. The third kappa shape index (κ3) is 2.76. The average molecular weight is 299 g/mol. The Hall–Kier alpha value is -2.05. The lowest BCUT2D eigenvalue weighted by Gasteiger charge is -2.11. The number of carboxylic acids is 1. The number of aromatic nitrogens is 1. The van der Waals surface area contributed by atoms with Crippen LogP contribution in [-0.4, -0.2) is 35.7 Å². The van der Waals surface area contributed by atoms with E-state index in [4.69, 9.17) is 15.6 Å². The monoisotopic (exact) mass is 298 g/mol. The summed E-state index contributed by atoms with van der Waals surface area (Å²) in [5, 5.41) is 9.66. The molecule has 4 N–H and O–H groups in total. The van der Waals surface area contributed by atoms with Crippen molar-refractivity contribution in [3.05, 3.63) is 35.5 Å². The summed E-state index contributed by atoms with van der Waals surface area (Å²) in [6, 6.07) is 4.68. The van der Waals surface area contributed by atoms with Crippen LogP contribution in [0, 0.1) is 0 Å². The van der Waals surface area contributed by atoms with Crippen molar-refractivity contribution in [1.82, 2.24) is 4.98 Å². The first kappa shape index (κ1) is 16.0. The highest BCUT2D eigenvalue weighted by atomic mass is 35.5. The molecule has 2 rings (SSSR count). The minimum atomic E-state index is -1.02. The second kappa shape index (κ2) is 6.40. The van der Waals surface area contributed by atoms with Gasteiger partial charge in [0.25, 0.3) is 0 Å². The zero-order valence-electron chi connectivity index (χ0n) is 10.8. The van der Waals surface area contributed by atoms with Gasteiger partial charge in [0.15, 0.2) is 0 Å². The molecule has 0 saturated heterocycles. The molecule has 0 radical (unpaired) electrons.